The number of hydrogen-bond donors (Lipinski definition) is 0. The maximum absolute atomic E-state index is 11.9. The van der Waals surface area contributed by atoms with Crippen LogP contribution in [0.5, 0.6) is 0 Å². The summed E-state index contributed by atoms with van der Waals surface area (Å²) in [6.07, 6.45) is 3.84. The average Bonchev–Trinajstić information content (AvgIpc) is 2.56. The predicted molar refractivity (Wildman–Crippen MR) is 65.0 cm³/mol. The summed E-state index contributed by atoms with van der Waals surface area (Å²) in [7, 11) is 0. The number of rotatable bonds is 2. The number of hydrogen-bond acceptors (Lipinski definition) is 2. The van der Waals surface area contributed by atoms with Crippen LogP contribution in [0.25, 0.3) is 0 Å². The van der Waals surface area contributed by atoms with Gasteiger partial charge in [-0.05, 0) is 24.5 Å². The molecule has 0 aromatic heterocycles. The molecule has 0 spiro atoms. The van der Waals surface area contributed by atoms with Gasteiger partial charge in [-0.2, -0.15) is 5.26 Å². The molecule has 0 bridgehead atoms. The van der Waals surface area contributed by atoms with E-state index in [-0.39, 0.29) is 5.91 Å². The van der Waals surface area contributed by atoms with Crippen LogP contribution < -0.4 is 0 Å². The molecule has 1 aromatic carbocycles. The van der Waals surface area contributed by atoms with Crippen molar-refractivity contribution in [3.05, 3.63) is 35.4 Å². The lowest BCUT2D eigenvalue weighted by Gasteiger charge is -2.21. The minimum atomic E-state index is 0.218. The highest BCUT2D eigenvalue weighted by molar-refractivity contribution is 5.76. The Hall–Kier alpha value is -1.82. The molecule has 1 heterocycles. The van der Waals surface area contributed by atoms with Gasteiger partial charge in [-0.1, -0.05) is 24.6 Å². The van der Waals surface area contributed by atoms with Crippen LogP contribution in [0, 0.1) is 11.3 Å². The van der Waals surface area contributed by atoms with Gasteiger partial charge in [-0.3, -0.25) is 4.79 Å². The quantitative estimate of drug-likeness (QED) is 0.780. The zero-order valence-electron chi connectivity index (χ0n) is 9.85. The van der Waals surface area contributed by atoms with Crippen molar-refractivity contribution in [3.8, 4) is 6.07 Å². The zero-order valence-corrected chi connectivity index (χ0v) is 9.85. The maximum Gasteiger partial charge on any atom is 0.222 e. The SMILES string of the molecule is N#Cc1ccccc1CN1CCCCCC1=O. The third kappa shape index (κ3) is 2.85. The largest absolute Gasteiger partial charge is 0.338 e. The van der Waals surface area contributed by atoms with Crippen LogP contribution in [-0.2, 0) is 11.3 Å². The van der Waals surface area contributed by atoms with Crippen molar-refractivity contribution in [3.63, 3.8) is 0 Å². The standard InChI is InChI=1S/C14H16N2O/c15-10-12-6-3-4-7-13(12)11-16-9-5-1-2-8-14(16)17/h3-4,6-7H,1-2,5,8-9,11H2. The smallest absolute Gasteiger partial charge is 0.222 e. The molecule has 1 aliphatic heterocycles. The lowest BCUT2D eigenvalue weighted by atomic mass is 10.1. The second kappa shape index (κ2) is 5.49. The minimum absolute atomic E-state index is 0.218. The van der Waals surface area contributed by atoms with Crippen LogP contribution in [0.3, 0.4) is 0 Å². The number of carbonyl (C=O) groups is 1. The number of likely N-dealkylation sites (tertiary alicyclic amines) is 1. The van der Waals surface area contributed by atoms with Gasteiger partial charge in [0.05, 0.1) is 11.6 Å². The van der Waals surface area contributed by atoms with Crippen molar-refractivity contribution in [1.82, 2.24) is 4.90 Å². The van der Waals surface area contributed by atoms with Crippen molar-refractivity contribution in [2.45, 2.75) is 32.2 Å². The van der Waals surface area contributed by atoms with E-state index in [1.807, 2.05) is 23.1 Å². The van der Waals surface area contributed by atoms with Crippen LogP contribution >= 0.6 is 0 Å². The minimum Gasteiger partial charge on any atom is -0.338 e. The highest BCUT2D eigenvalue weighted by Gasteiger charge is 2.17. The summed E-state index contributed by atoms with van der Waals surface area (Å²) in [4.78, 5) is 13.7. The van der Waals surface area contributed by atoms with E-state index < -0.39 is 0 Å². The first-order valence-corrected chi connectivity index (χ1v) is 6.07. The summed E-state index contributed by atoms with van der Waals surface area (Å²) >= 11 is 0. The number of nitrogens with zero attached hydrogens (tertiary/aromatic N) is 2. The van der Waals surface area contributed by atoms with Crippen molar-refractivity contribution in [2.24, 2.45) is 0 Å². The molecular formula is C14H16N2O. The van der Waals surface area contributed by atoms with E-state index in [1.54, 1.807) is 6.07 Å². The molecule has 1 aliphatic rings. The van der Waals surface area contributed by atoms with Crippen LogP contribution in [0.1, 0.15) is 36.8 Å². The van der Waals surface area contributed by atoms with E-state index in [0.29, 0.717) is 18.5 Å². The van der Waals surface area contributed by atoms with Gasteiger partial charge < -0.3 is 4.90 Å². The van der Waals surface area contributed by atoms with E-state index >= 15 is 0 Å². The van der Waals surface area contributed by atoms with E-state index in [2.05, 4.69) is 6.07 Å². The van der Waals surface area contributed by atoms with Crippen LogP contribution in [-0.4, -0.2) is 17.4 Å². The van der Waals surface area contributed by atoms with Gasteiger partial charge in [0.25, 0.3) is 0 Å². The maximum atomic E-state index is 11.9. The van der Waals surface area contributed by atoms with Gasteiger partial charge in [0.15, 0.2) is 0 Å². The molecule has 0 N–H and O–H groups in total. The lowest BCUT2D eigenvalue weighted by molar-refractivity contribution is -0.131. The number of amides is 1. The molecule has 1 aromatic rings. The second-order valence-electron chi connectivity index (χ2n) is 4.39. The summed E-state index contributed by atoms with van der Waals surface area (Å²) in [5.74, 6) is 0.218. The first-order valence-electron chi connectivity index (χ1n) is 6.07. The topological polar surface area (TPSA) is 44.1 Å². The van der Waals surface area contributed by atoms with Crippen LogP contribution in [0.2, 0.25) is 0 Å². The molecule has 3 heteroatoms. The molecule has 3 nitrogen and oxygen atoms in total. The van der Waals surface area contributed by atoms with Gasteiger partial charge in [-0.25, -0.2) is 0 Å². The molecule has 0 radical (unpaired) electrons. The van der Waals surface area contributed by atoms with Gasteiger partial charge in [0.1, 0.15) is 0 Å². The molecule has 1 fully saturated rings. The fraction of sp³-hybridized carbons (Fsp3) is 0.429. The Bertz CT molecular complexity index is 448. The first-order chi connectivity index (χ1) is 8.31. The van der Waals surface area contributed by atoms with E-state index in [9.17, 15) is 4.79 Å². The Morgan fingerprint density at radius 1 is 1.24 bits per heavy atom. The normalized spacial score (nSPS) is 16.4. The Morgan fingerprint density at radius 3 is 2.88 bits per heavy atom. The molecule has 0 unspecified atom stereocenters. The number of carbonyl (C=O) groups excluding carboxylic acids is 1. The Balaban J connectivity index is 2.14. The lowest BCUT2D eigenvalue weighted by Crippen LogP contribution is -2.29. The second-order valence-corrected chi connectivity index (χ2v) is 4.39. The van der Waals surface area contributed by atoms with Crippen molar-refractivity contribution >= 4 is 5.91 Å². The molecule has 1 saturated heterocycles. The molecule has 17 heavy (non-hydrogen) atoms. The Labute approximate surface area is 102 Å². The third-order valence-electron chi connectivity index (χ3n) is 3.17. The molecule has 2 rings (SSSR count). The monoisotopic (exact) mass is 228 g/mol. The van der Waals surface area contributed by atoms with Gasteiger partial charge in [-0.15, -0.1) is 0 Å². The molecular weight excluding hydrogens is 212 g/mol. The zero-order chi connectivity index (χ0) is 12.1. The summed E-state index contributed by atoms with van der Waals surface area (Å²) in [6, 6.07) is 9.68. The Morgan fingerprint density at radius 2 is 2.06 bits per heavy atom. The predicted octanol–water partition coefficient (Wildman–Crippen LogP) is 2.46. The number of nitriles is 1. The third-order valence-corrected chi connectivity index (χ3v) is 3.17. The fourth-order valence-electron chi connectivity index (χ4n) is 2.18. The average molecular weight is 228 g/mol. The summed E-state index contributed by atoms with van der Waals surface area (Å²) in [5.41, 5.74) is 1.62. The number of benzene rings is 1. The van der Waals surface area contributed by atoms with Gasteiger partial charge >= 0.3 is 0 Å². The van der Waals surface area contributed by atoms with Crippen LogP contribution in [0.4, 0.5) is 0 Å². The van der Waals surface area contributed by atoms with Crippen LogP contribution in [0.15, 0.2) is 24.3 Å². The fourth-order valence-corrected chi connectivity index (χ4v) is 2.18. The molecule has 1 amide bonds. The van der Waals surface area contributed by atoms with Gasteiger partial charge in [0.2, 0.25) is 5.91 Å². The summed E-state index contributed by atoms with van der Waals surface area (Å²) < 4.78 is 0. The van der Waals surface area contributed by atoms with E-state index in [1.165, 1.54) is 0 Å². The summed E-state index contributed by atoms with van der Waals surface area (Å²) in [6.45, 7) is 1.39. The van der Waals surface area contributed by atoms with Gasteiger partial charge in [0, 0.05) is 19.5 Å². The molecule has 0 saturated carbocycles. The van der Waals surface area contributed by atoms with Crippen molar-refractivity contribution in [1.29, 1.82) is 5.26 Å². The molecule has 88 valence electrons. The highest BCUT2D eigenvalue weighted by Crippen LogP contribution is 2.16. The highest BCUT2D eigenvalue weighted by atomic mass is 16.2. The molecule has 0 atom stereocenters. The Kier molecular flexibility index (Phi) is 3.77. The molecule has 0 aliphatic carbocycles. The van der Waals surface area contributed by atoms with E-state index in [0.717, 1.165) is 31.4 Å². The summed E-state index contributed by atoms with van der Waals surface area (Å²) in [5, 5.41) is 9.02. The van der Waals surface area contributed by atoms with Crippen molar-refractivity contribution < 1.29 is 4.79 Å². The van der Waals surface area contributed by atoms with E-state index in [4.69, 9.17) is 5.26 Å². The van der Waals surface area contributed by atoms with Crippen molar-refractivity contribution in [2.75, 3.05) is 6.54 Å². The first kappa shape index (κ1) is 11.7.